The van der Waals surface area contributed by atoms with Gasteiger partial charge in [-0.15, -0.1) is 0 Å². The van der Waals surface area contributed by atoms with Gasteiger partial charge in [-0.3, -0.25) is 0 Å². The highest BCUT2D eigenvalue weighted by Crippen LogP contribution is 2.26. The summed E-state index contributed by atoms with van der Waals surface area (Å²) >= 11 is 6.19. The zero-order valence-corrected chi connectivity index (χ0v) is 13.1. The van der Waals surface area contributed by atoms with Crippen molar-refractivity contribution in [2.45, 2.75) is 25.8 Å². The molecule has 1 heterocycles. The van der Waals surface area contributed by atoms with E-state index in [0.717, 1.165) is 36.5 Å². The first-order chi connectivity index (χ1) is 10.2. The predicted molar refractivity (Wildman–Crippen MR) is 91.5 cm³/mol. The summed E-state index contributed by atoms with van der Waals surface area (Å²) in [5.41, 5.74) is 3.64. The van der Waals surface area contributed by atoms with E-state index in [0.29, 0.717) is 6.04 Å². The van der Waals surface area contributed by atoms with Gasteiger partial charge in [-0.2, -0.15) is 0 Å². The Balaban J connectivity index is 1.60. The van der Waals surface area contributed by atoms with Crippen LogP contribution in [0.25, 0.3) is 0 Å². The zero-order valence-electron chi connectivity index (χ0n) is 12.3. The smallest absolute Gasteiger partial charge is 0.0455 e. The van der Waals surface area contributed by atoms with Crippen molar-refractivity contribution in [1.82, 2.24) is 0 Å². The van der Waals surface area contributed by atoms with Gasteiger partial charge in [-0.25, -0.2) is 0 Å². The molecule has 21 heavy (non-hydrogen) atoms. The Morgan fingerprint density at radius 1 is 1.00 bits per heavy atom. The van der Waals surface area contributed by atoms with Gasteiger partial charge in [-0.1, -0.05) is 35.9 Å². The molecule has 0 saturated carbocycles. The summed E-state index contributed by atoms with van der Waals surface area (Å²) < 4.78 is 0. The van der Waals surface area contributed by atoms with E-state index < -0.39 is 0 Å². The van der Waals surface area contributed by atoms with Crippen LogP contribution in [0.2, 0.25) is 5.02 Å². The lowest BCUT2D eigenvalue weighted by atomic mass is 10.0. The van der Waals surface area contributed by atoms with Crippen molar-refractivity contribution in [3.8, 4) is 0 Å². The number of hydrogen-bond acceptors (Lipinski definition) is 2. The van der Waals surface area contributed by atoms with Crippen LogP contribution in [-0.2, 0) is 0 Å². The molecule has 0 aromatic heterocycles. The van der Waals surface area contributed by atoms with Crippen molar-refractivity contribution in [2.24, 2.45) is 0 Å². The standard InChI is InChI=1S/C18H21ClN2/c1-14-17(19)8-5-9-18(14)20-15-10-12-21(13-11-15)16-6-3-2-4-7-16/h2-9,15,20H,10-13H2,1H3. The third-order valence-electron chi connectivity index (χ3n) is 4.24. The van der Waals surface area contributed by atoms with E-state index in [9.17, 15) is 0 Å². The summed E-state index contributed by atoms with van der Waals surface area (Å²) in [5.74, 6) is 0. The Morgan fingerprint density at radius 3 is 2.43 bits per heavy atom. The lowest BCUT2D eigenvalue weighted by Crippen LogP contribution is -2.39. The molecule has 0 atom stereocenters. The molecule has 110 valence electrons. The van der Waals surface area contributed by atoms with Crippen LogP contribution in [-0.4, -0.2) is 19.1 Å². The van der Waals surface area contributed by atoms with Crippen molar-refractivity contribution in [2.75, 3.05) is 23.3 Å². The summed E-state index contributed by atoms with van der Waals surface area (Å²) in [4.78, 5) is 2.46. The fourth-order valence-electron chi connectivity index (χ4n) is 2.90. The second-order valence-corrected chi connectivity index (χ2v) is 6.06. The van der Waals surface area contributed by atoms with E-state index in [4.69, 9.17) is 11.6 Å². The normalized spacial score (nSPS) is 16.0. The monoisotopic (exact) mass is 300 g/mol. The maximum Gasteiger partial charge on any atom is 0.0455 e. The maximum absolute atomic E-state index is 6.19. The van der Waals surface area contributed by atoms with Crippen molar-refractivity contribution in [3.63, 3.8) is 0 Å². The maximum atomic E-state index is 6.19. The van der Waals surface area contributed by atoms with Crippen molar-refractivity contribution in [1.29, 1.82) is 0 Å². The molecule has 1 aliphatic heterocycles. The van der Waals surface area contributed by atoms with Gasteiger partial charge < -0.3 is 10.2 Å². The van der Waals surface area contributed by atoms with Crippen LogP contribution in [0.4, 0.5) is 11.4 Å². The molecule has 2 aromatic carbocycles. The van der Waals surface area contributed by atoms with Gasteiger partial charge in [0.1, 0.15) is 0 Å². The molecule has 0 unspecified atom stereocenters. The molecule has 0 aliphatic carbocycles. The van der Waals surface area contributed by atoms with E-state index in [1.807, 2.05) is 12.1 Å². The van der Waals surface area contributed by atoms with Crippen molar-refractivity contribution >= 4 is 23.0 Å². The average molecular weight is 301 g/mol. The molecule has 3 rings (SSSR count). The highest BCUT2D eigenvalue weighted by atomic mass is 35.5. The summed E-state index contributed by atoms with van der Waals surface area (Å²) in [6.45, 7) is 4.27. The first-order valence-corrected chi connectivity index (χ1v) is 7.93. The number of rotatable bonds is 3. The van der Waals surface area contributed by atoms with Crippen LogP contribution in [0, 0.1) is 6.92 Å². The number of piperidine rings is 1. The third-order valence-corrected chi connectivity index (χ3v) is 4.65. The number of benzene rings is 2. The lowest BCUT2D eigenvalue weighted by Gasteiger charge is -2.34. The van der Waals surface area contributed by atoms with E-state index in [2.05, 4.69) is 53.5 Å². The Bertz CT molecular complexity index is 589. The first kappa shape index (κ1) is 14.3. The molecule has 1 fully saturated rings. The highest BCUT2D eigenvalue weighted by Gasteiger charge is 2.19. The van der Waals surface area contributed by atoms with E-state index in [1.54, 1.807) is 0 Å². The van der Waals surface area contributed by atoms with E-state index in [-0.39, 0.29) is 0 Å². The molecule has 1 N–H and O–H groups in total. The Labute approximate surface area is 131 Å². The quantitative estimate of drug-likeness (QED) is 0.881. The van der Waals surface area contributed by atoms with Gasteiger partial charge in [0.2, 0.25) is 0 Å². The summed E-state index contributed by atoms with van der Waals surface area (Å²) in [7, 11) is 0. The topological polar surface area (TPSA) is 15.3 Å². The second kappa shape index (κ2) is 6.40. The van der Waals surface area contributed by atoms with Crippen LogP contribution >= 0.6 is 11.6 Å². The van der Waals surface area contributed by atoms with Crippen LogP contribution in [0.3, 0.4) is 0 Å². The largest absolute Gasteiger partial charge is 0.382 e. The molecule has 0 bridgehead atoms. The van der Waals surface area contributed by atoms with Gasteiger partial charge >= 0.3 is 0 Å². The van der Waals surface area contributed by atoms with Gasteiger partial charge in [0.05, 0.1) is 0 Å². The lowest BCUT2D eigenvalue weighted by molar-refractivity contribution is 0.526. The predicted octanol–water partition coefficient (Wildman–Crippen LogP) is 4.73. The summed E-state index contributed by atoms with van der Waals surface area (Å²) in [5, 5.41) is 4.49. The van der Waals surface area contributed by atoms with Gasteiger partial charge in [0.15, 0.2) is 0 Å². The minimum absolute atomic E-state index is 0.530. The SMILES string of the molecule is Cc1c(Cl)cccc1NC1CCN(c2ccccc2)CC1. The minimum atomic E-state index is 0.530. The third kappa shape index (κ3) is 3.33. The molecule has 1 aliphatic rings. The summed E-state index contributed by atoms with van der Waals surface area (Å²) in [6, 6.07) is 17.3. The van der Waals surface area contributed by atoms with Crippen LogP contribution in [0.5, 0.6) is 0 Å². The minimum Gasteiger partial charge on any atom is -0.382 e. The highest BCUT2D eigenvalue weighted by molar-refractivity contribution is 6.31. The number of nitrogens with zero attached hydrogens (tertiary/aromatic N) is 1. The fourth-order valence-corrected chi connectivity index (χ4v) is 3.08. The van der Waals surface area contributed by atoms with Gasteiger partial charge in [0.25, 0.3) is 0 Å². The molecule has 0 spiro atoms. The molecular formula is C18H21ClN2. The number of anilines is 2. The van der Waals surface area contributed by atoms with Gasteiger partial charge in [0, 0.05) is 35.5 Å². The first-order valence-electron chi connectivity index (χ1n) is 7.55. The van der Waals surface area contributed by atoms with Crippen molar-refractivity contribution < 1.29 is 0 Å². The van der Waals surface area contributed by atoms with Crippen LogP contribution in [0.15, 0.2) is 48.5 Å². The van der Waals surface area contributed by atoms with Crippen LogP contribution in [0.1, 0.15) is 18.4 Å². The zero-order chi connectivity index (χ0) is 14.7. The molecular weight excluding hydrogens is 280 g/mol. The molecule has 2 nitrogen and oxygen atoms in total. The molecule has 0 radical (unpaired) electrons. The Morgan fingerprint density at radius 2 is 1.71 bits per heavy atom. The Kier molecular flexibility index (Phi) is 4.35. The van der Waals surface area contributed by atoms with E-state index >= 15 is 0 Å². The summed E-state index contributed by atoms with van der Waals surface area (Å²) in [6.07, 6.45) is 2.31. The molecule has 1 saturated heterocycles. The number of nitrogens with one attached hydrogen (secondary N) is 1. The second-order valence-electron chi connectivity index (χ2n) is 5.65. The van der Waals surface area contributed by atoms with Gasteiger partial charge in [-0.05, 0) is 49.6 Å². The Hall–Kier alpha value is -1.67. The van der Waals surface area contributed by atoms with E-state index in [1.165, 1.54) is 11.4 Å². The molecule has 2 aromatic rings. The number of halogens is 1. The fraction of sp³-hybridized carbons (Fsp3) is 0.333. The van der Waals surface area contributed by atoms with Crippen molar-refractivity contribution in [3.05, 3.63) is 59.1 Å². The number of hydrogen-bond donors (Lipinski definition) is 1. The molecule has 0 amide bonds. The number of para-hydroxylation sites is 1. The van der Waals surface area contributed by atoms with Crippen LogP contribution < -0.4 is 10.2 Å². The average Bonchev–Trinajstić information content (AvgIpc) is 2.53. The molecule has 3 heteroatoms.